The third kappa shape index (κ3) is 6.59. The van der Waals surface area contributed by atoms with Crippen LogP contribution in [0.15, 0.2) is 36.4 Å². The van der Waals surface area contributed by atoms with Crippen molar-refractivity contribution in [2.45, 2.75) is 78.6 Å². The smallest absolute Gasteiger partial charge is 0.316 e. The van der Waals surface area contributed by atoms with E-state index < -0.39 is 35.5 Å². The number of ether oxygens (including phenoxy) is 1. The first-order valence-electron chi connectivity index (χ1n) is 14.2. The van der Waals surface area contributed by atoms with Gasteiger partial charge in [0.05, 0.1) is 22.7 Å². The minimum absolute atomic E-state index is 0.148. The zero-order valence-electron chi connectivity index (χ0n) is 24.9. The van der Waals surface area contributed by atoms with Crippen molar-refractivity contribution in [2.75, 3.05) is 13.6 Å². The molecule has 1 aromatic heterocycles. The molecule has 2 N–H and O–H groups in total. The molecule has 0 radical (unpaired) electrons. The quantitative estimate of drug-likeness (QED) is 0.511. The van der Waals surface area contributed by atoms with E-state index in [0.717, 1.165) is 22.2 Å². The molecule has 2 aliphatic rings. The fraction of sp³-hybridized carbons (Fsp3) is 0.516. The Morgan fingerprint density at radius 1 is 1.05 bits per heavy atom. The van der Waals surface area contributed by atoms with Crippen molar-refractivity contribution in [2.24, 2.45) is 11.3 Å². The van der Waals surface area contributed by atoms with Gasteiger partial charge in [0.1, 0.15) is 12.1 Å². The van der Waals surface area contributed by atoms with Gasteiger partial charge < -0.3 is 15.0 Å². The lowest BCUT2D eigenvalue weighted by Gasteiger charge is -2.37. The Morgan fingerprint density at radius 3 is 2.46 bits per heavy atom. The molecule has 2 aliphatic heterocycles. The maximum absolute atomic E-state index is 13.5. The number of benzene rings is 1. The number of esters is 1. The lowest BCUT2D eigenvalue weighted by molar-refractivity contribution is -0.165. The summed E-state index contributed by atoms with van der Waals surface area (Å²) >= 11 is 0. The molecule has 0 aliphatic carbocycles. The molecule has 5 bridgehead atoms. The highest BCUT2D eigenvalue weighted by molar-refractivity contribution is 5.91. The molecule has 41 heavy (non-hydrogen) atoms. The molecule has 10 heteroatoms. The summed E-state index contributed by atoms with van der Waals surface area (Å²) in [5.74, 6) is -1.94. The predicted octanol–water partition coefficient (Wildman–Crippen LogP) is 3.38. The molecule has 3 heterocycles. The number of fused-ring (bicyclic) bond motifs is 4. The number of rotatable bonds is 1. The van der Waals surface area contributed by atoms with Gasteiger partial charge in [0.2, 0.25) is 5.91 Å². The van der Waals surface area contributed by atoms with Gasteiger partial charge in [0.15, 0.2) is 6.10 Å². The van der Waals surface area contributed by atoms with E-state index in [0.29, 0.717) is 19.4 Å². The van der Waals surface area contributed by atoms with Crippen molar-refractivity contribution in [3.05, 3.63) is 47.7 Å². The summed E-state index contributed by atoms with van der Waals surface area (Å²) < 4.78 is 5.71. The van der Waals surface area contributed by atoms with Gasteiger partial charge in [-0.25, -0.2) is 5.43 Å². The van der Waals surface area contributed by atoms with Gasteiger partial charge in [-0.15, -0.1) is 0 Å². The lowest BCUT2D eigenvalue weighted by Crippen LogP contribution is -2.61. The molecular weight excluding hydrogens is 522 g/mol. The highest BCUT2D eigenvalue weighted by Gasteiger charge is 2.37. The number of amides is 3. The highest BCUT2D eigenvalue weighted by atomic mass is 16.5. The number of carbonyl (C=O) groups is 4. The standard InChI is InChI=1S/C31H41N5O5/c1-18(2)26-27(37)32-19(3)28(38)36-16-8-9-24(34-36)29(39)35(7)20(4)23-13-12-22-11-10-21(17-25(22)33-23)14-15-31(5,6)30(40)41-26/h10-15,17-20,24,26,34H,8-9,16H2,1-7H3,(H,32,37)/t19-,20+,24-,26-/m0/s1. The first kappa shape index (κ1) is 30.2. The van der Waals surface area contributed by atoms with Crippen LogP contribution in [0.2, 0.25) is 0 Å². The second-order valence-electron chi connectivity index (χ2n) is 12.0. The molecule has 0 unspecified atom stereocenters. The monoisotopic (exact) mass is 563 g/mol. The fourth-order valence-electron chi connectivity index (χ4n) is 4.97. The van der Waals surface area contributed by atoms with Crippen molar-refractivity contribution >= 4 is 40.7 Å². The number of hydrogen-bond acceptors (Lipinski definition) is 7. The van der Waals surface area contributed by atoms with Crippen LogP contribution in [0.3, 0.4) is 0 Å². The van der Waals surface area contributed by atoms with E-state index in [1.54, 1.807) is 52.6 Å². The Hall–Kier alpha value is -3.79. The number of likely N-dealkylation sites (N-methyl/N-ethyl adjacent to an activating group) is 1. The molecule has 1 saturated heterocycles. The molecule has 2 aromatic rings. The first-order chi connectivity index (χ1) is 19.3. The van der Waals surface area contributed by atoms with Crippen LogP contribution in [0.25, 0.3) is 17.0 Å². The maximum Gasteiger partial charge on any atom is 0.316 e. The number of carbonyl (C=O) groups excluding carboxylic acids is 4. The predicted molar refractivity (Wildman–Crippen MR) is 156 cm³/mol. The molecule has 0 saturated carbocycles. The van der Waals surface area contributed by atoms with E-state index in [9.17, 15) is 19.2 Å². The number of nitrogens with zero attached hydrogens (tertiary/aromatic N) is 3. The second-order valence-corrected chi connectivity index (χ2v) is 12.0. The van der Waals surface area contributed by atoms with Crippen LogP contribution in [0.5, 0.6) is 0 Å². The number of hydrogen-bond donors (Lipinski definition) is 2. The lowest BCUT2D eigenvalue weighted by atomic mass is 9.92. The summed E-state index contributed by atoms with van der Waals surface area (Å²) in [7, 11) is 1.74. The Morgan fingerprint density at radius 2 is 1.76 bits per heavy atom. The van der Waals surface area contributed by atoms with Crippen molar-refractivity contribution < 1.29 is 23.9 Å². The molecule has 1 aromatic carbocycles. The van der Waals surface area contributed by atoms with Crippen LogP contribution in [0, 0.1) is 11.3 Å². The van der Waals surface area contributed by atoms with Crippen LogP contribution in [0.4, 0.5) is 0 Å². The maximum atomic E-state index is 13.5. The minimum atomic E-state index is -1.08. The van der Waals surface area contributed by atoms with Gasteiger partial charge in [-0.3, -0.25) is 29.2 Å². The minimum Gasteiger partial charge on any atom is -0.451 e. The van der Waals surface area contributed by atoms with Crippen molar-refractivity contribution in [1.82, 2.24) is 25.6 Å². The Kier molecular flexibility index (Phi) is 8.82. The van der Waals surface area contributed by atoms with Gasteiger partial charge >= 0.3 is 5.97 Å². The van der Waals surface area contributed by atoms with Crippen molar-refractivity contribution in [1.29, 1.82) is 0 Å². The van der Waals surface area contributed by atoms with Crippen LogP contribution in [-0.2, 0) is 23.9 Å². The summed E-state index contributed by atoms with van der Waals surface area (Å²) in [5, 5.41) is 5.06. The third-order valence-electron chi connectivity index (χ3n) is 7.89. The average Bonchev–Trinajstić information content (AvgIpc) is 2.95. The average molecular weight is 564 g/mol. The molecule has 0 spiro atoms. The number of aromatic nitrogens is 1. The molecule has 3 amide bonds. The Bertz CT molecular complexity index is 1370. The van der Waals surface area contributed by atoms with Crippen LogP contribution < -0.4 is 10.7 Å². The molecule has 1 fully saturated rings. The third-order valence-corrected chi connectivity index (χ3v) is 7.89. The normalized spacial score (nSPS) is 26.3. The zero-order valence-corrected chi connectivity index (χ0v) is 24.9. The summed E-state index contributed by atoms with van der Waals surface area (Å²) in [6.45, 7) is 10.9. The van der Waals surface area contributed by atoms with Gasteiger partial charge in [0, 0.05) is 19.0 Å². The number of pyridine rings is 1. The number of cyclic esters (lactones) is 1. The van der Waals surface area contributed by atoms with E-state index in [1.165, 1.54) is 5.01 Å². The van der Waals surface area contributed by atoms with Crippen LogP contribution >= 0.6 is 0 Å². The Balaban J connectivity index is 1.73. The van der Waals surface area contributed by atoms with Crippen LogP contribution in [-0.4, -0.2) is 70.4 Å². The molecule has 4 rings (SSSR count). The summed E-state index contributed by atoms with van der Waals surface area (Å²) in [6, 6.07) is 7.93. The van der Waals surface area contributed by atoms with Crippen molar-refractivity contribution in [3.8, 4) is 0 Å². The first-order valence-corrected chi connectivity index (χ1v) is 14.2. The number of hydrazine groups is 1. The largest absolute Gasteiger partial charge is 0.451 e. The SMILES string of the molecule is CC(C)[C@@H]1OC(=O)C(C)(C)C=Cc2ccc3ccc(nc3c2)[C@@H](C)N(C)C(=O)[C@@H]2CCCN(N2)C(=O)[C@H](C)NC1=O. The van der Waals surface area contributed by atoms with Gasteiger partial charge in [0.25, 0.3) is 11.8 Å². The van der Waals surface area contributed by atoms with Gasteiger partial charge in [-0.05, 0) is 64.2 Å². The van der Waals surface area contributed by atoms with E-state index in [2.05, 4.69) is 10.7 Å². The summed E-state index contributed by atoms with van der Waals surface area (Å²) in [6.07, 6.45) is 3.70. The van der Waals surface area contributed by atoms with Crippen LogP contribution in [0.1, 0.15) is 71.7 Å². The van der Waals surface area contributed by atoms with E-state index in [4.69, 9.17) is 9.72 Å². The second kappa shape index (κ2) is 12.0. The number of nitrogens with one attached hydrogen (secondary N) is 2. The van der Waals surface area contributed by atoms with E-state index in [1.807, 2.05) is 43.3 Å². The zero-order chi connectivity index (χ0) is 30.1. The van der Waals surface area contributed by atoms with E-state index in [-0.39, 0.29) is 23.8 Å². The molecule has 10 nitrogen and oxygen atoms in total. The topological polar surface area (TPSA) is 121 Å². The molecular formula is C31H41N5O5. The van der Waals surface area contributed by atoms with Crippen molar-refractivity contribution in [3.63, 3.8) is 0 Å². The molecule has 220 valence electrons. The fourth-order valence-corrected chi connectivity index (χ4v) is 4.97. The highest BCUT2D eigenvalue weighted by Crippen LogP contribution is 2.26. The summed E-state index contributed by atoms with van der Waals surface area (Å²) in [5.41, 5.74) is 4.40. The van der Waals surface area contributed by atoms with E-state index >= 15 is 0 Å². The molecule has 4 atom stereocenters. The van der Waals surface area contributed by atoms with Gasteiger partial charge in [-0.1, -0.05) is 44.2 Å². The van der Waals surface area contributed by atoms with Gasteiger partial charge in [-0.2, -0.15) is 0 Å². The Labute approximate surface area is 241 Å². The summed E-state index contributed by atoms with van der Waals surface area (Å²) in [4.78, 5) is 59.7.